The van der Waals surface area contributed by atoms with E-state index in [0.29, 0.717) is 19.6 Å². The van der Waals surface area contributed by atoms with Gasteiger partial charge in [0.05, 0.1) is 6.20 Å². The third kappa shape index (κ3) is 2.61. The maximum Gasteiger partial charge on any atom is 0.317 e. The van der Waals surface area contributed by atoms with Crippen LogP contribution in [0.3, 0.4) is 0 Å². The molecule has 0 fully saturated rings. The first-order valence-corrected chi connectivity index (χ1v) is 7.53. The minimum absolute atomic E-state index is 0.0632. The normalized spacial score (nSPS) is 13.8. The second-order valence-corrected chi connectivity index (χ2v) is 5.59. The van der Waals surface area contributed by atoms with Crippen LogP contribution in [0.15, 0.2) is 36.9 Å². The van der Waals surface area contributed by atoms with E-state index in [-0.39, 0.29) is 6.03 Å². The monoisotopic (exact) mass is 308 g/mol. The van der Waals surface area contributed by atoms with Crippen molar-refractivity contribution >= 4 is 17.1 Å². The minimum atomic E-state index is -0.0632. The smallest absolute Gasteiger partial charge is 0.317 e. The number of H-pyrrole nitrogens is 1. The fourth-order valence-corrected chi connectivity index (χ4v) is 2.92. The van der Waals surface area contributed by atoms with E-state index in [1.165, 1.54) is 5.56 Å². The van der Waals surface area contributed by atoms with Gasteiger partial charge in [-0.15, -0.1) is 0 Å². The largest absolute Gasteiger partial charge is 0.334 e. The van der Waals surface area contributed by atoms with Crippen LogP contribution in [-0.4, -0.2) is 37.6 Å². The van der Waals surface area contributed by atoms with Gasteiger partial charge >= 0.3 is 6.03 Å². The summed E-state index contributed by atoms with van der Waals surface area (Å²) in [5.74, 6) is 0. The number of pyridine rings is 2. The zero-order valence-electron chi connectivity index (χ0n) is 12.5. The Balaban J connectivity index is 1.46. The molecule has 23 heavy (non-hydrogen) atoms. The predicted octanol–water partition coefficient (Wildman–Crippen LogP) is 1.62. The SMILES string of the molecule is O=C(NCc1cccnc1)N1CCc2c(cnc3[nH]ncc23)C1. The van der Waals surface area contributed by atoms with Gasteiger partial charge in [0.2, 0.25) is 0 Å². The molecule has 2 N–H and O–H groups in total. The molecule has 7 nitrogen and oxygen atoms in total. The third-order valence-corrected chi connectivity index (χ3v) is 4.13. The second-order valence-electron chi connectivity index (χ2n) is 5.59. The number of carbonyl (C=O) groups excluding carboxylic acids is 1. The highest BCUT2D eigenvalue weighted by Crippen LogP contribution is 2.24. The zero-order chi connectivity index (χ0) is 15.6. The topological polar surface area (TPSA) is 86.8 Å². The van der Waals surface area contributed by atoms with Crippen LogP contribution in [0.5, 0.6) is 0 Å². The molecule has 3 aromatic heterocycles. The standard InChI is InChI=1S/C16H16N6O/c23-16(19-7-11-2-1-4-17-6-11)22-5-3-13-12(10-22)8-18-15-14(13)9-20-21-15/h1-2,4,6,8-9H,3,5,7,10H2,(H,19,23)(H,18,20,21). The maximum atomic E-state index is 12.4. The molecule has 0 saturated carbocycles. The van der Waals surface area contributed by atoms with Crippen LogP contribution in [0.2, 0.25) is 0 Å². The number of hydrogen-bond donors (Lipinski definition) is 2. The number of aromatic nitrogens is 4. The fourth-order valence-electron chi connectivity index (χ4n) is 2.92. The number of nitrogens with zero attached hydrogens (tertiary/aromatic N) is 4. The average molecular weight is 308 g/mol. The third-order valence-electron chi connectivity index (χ3n) is 4.13. The summed E-state index contributed by atoms with van der Waals surface area (Å²) in [6.07, 6.45) is 7.92. The van der Waals surface area contributed by atoms with Crippen molar-refractivity contribution in [2.24, 2.45) is 0 Å². The highest BCUT2D eigenvalue weighted by molar-refractivity contribution is 5.80. The van der Waals surface area contributed by atoms with Crippen LogP contribution in [0, 0.1) is 0 Å². The summed E-state index contributed by atoms with van der Waals surface area (Å²) >= 11 is 0. The number of urea groups is 1. The summed E-state index contributed by atoms with van der Waals surface area (Å²) in [7, 11) is 0. The highest BCUT2D eigenvalue weighted by atomic mass is 16.2. The van der Waals surface area contributed by atoms with Gasteiger partial charge in [-0.1, -0.05) is 6.07 Å². The highest BCUT2D eigenvalue weighted by Gasteiger charge is 2.22. The Morgan fingerprint density at radius 1 is 1.35 bits per heavy atom. The number of amides is 2. The molecule has 0 unspecified atom stereocenters. The predicted molar refractivity (Wildman–Crippen MR) is 84.5 cm³/mol. The lowest BCUT2D eigenvalue weighted by molar-refractivity contribution is 0.192. The molecule has 0 bridgehead atoms. The number of hydrogen-bond acceptors (Lipinski definition) is 4. The maximum absolute atomic E-state index is 12.4. The average Bonchev–Trinajstić information content (AvgIpc) is 3.09. The first kappa shape index (κ1) is 13.7. The molecule has 7 heteroatoms. The number of carbonyl (C=O) groups is 1. The van der Waals surface area contributed by atoms with E-state index in [2.05, 4.69) is 25.5 Å². The molecule has 0 spiro atoms. The van der Waals surface area contributed by atoms with Crippen molar-refractivity contribution in [3.05, 3.63) is 53.6 Å². The first-order valence-electron chi connectivity index (χ1n) is 7.53. The molecule has 0 radical (unpaired) electrons. The first-order chi connectivity index (χ1) is 11.3. The van der Waals surface area contributed by atoms with Gasteiger partial charge in [-0.05, 0) is 29.2 Å². The molecular formula is C16H16N6O. The van der Waals surface area contributed by atoms with Gasteiger partial charge in [-0.2, -0.15) is 5.10 Å². The molecule has 0 atom stereocenters. The summed E-state index contributed by atoms with van der Waals surface area (Å²) in [6.45, 7) is 1.74. The van der Waals surface area contributed by atoms with Crippen molar-refractivity contribution in [2.45, 2.75) is 19.5 Å². The molecule has 4 heterocycles. The Morgan fingerprint density at radius 3 is 3.17 bits per heavy atom. The lowest BCUT2D eigenvalue weighted by Gasteiger charge is -2.29. The van der Waals surface area contributed by atoms with Crippen LogP contribution in [0.4, 0.5) is 4.79 Å². The van der Waals surface area contributed by atoms with Crippen molar-refractivity contribution in [3.63, 3.8) is 0 Å². The summed E-state index contributed by atoms with van der Waals surface area (Å²) in [5, 5.41) is 10.9. The van der Waals surface area contributed by atoms with Gasteiger partial charge in [0, 0.05) is 43.6 Å². The summed E-state index contributed by atoms with van der Waals surface area (Å²) in [5.41, 5.74) is 4.11. The van der Waals surface area contributed by atoms with Crippen LogP contribution in [-0.2, 0) is 19.5 Å². The van der Waals surface area contributed by atoms with Crippen LogP contribution in [0.25, 0.3) is 11.0 Å². The summed E-state index contributed by atoms with van der Waals surface area (Å²) < 4.78 is 0. The van der Waals surface area contributed by atoms with Crippen LogP contribution >= 0.6 is 0 Å². The number of fused-ring (bicyclic) bond motifs is 3. The molecule has 1 aliphatic rings. The zero-order valence-corrected chi connectivity index (χ0v) is 12.5. The van der Waals surface area contributed by atoms with Gasteiger partial charge in [0.1, 0.15) is 0 Å². The molecule has 0 aromatic carbocycles. The van der Waals surface area contributed by atoms with E-state index in [4.69, 9.17) is 0 Å². The van der Waals surface area contributed by atoms with E-state index < -0.39 is 0 Å². The quantitative estimate of drug-likeness (QED) is 0.753. The molecule has 116 valence electrons. The summed E-state index contributed by atoms with van der Waals surface area (Å²) in [4.78, 5) is 22.6. The molecule has 0 saturated heterocycles. The van der Waals surface area contributed by atoms with Crippen molar-refractivity contribution < 1.29 is 4.79 Å². The van der Waals surface area contributed by atoms with E-state index in [1.54, 1.807) is 18.6 Å². The molecule has 0 aliphatic carbocycles. The van der Waals surface area contributed by atoms with Crippen molar-refractivity contribution in [1.82, 2.24) is 30.4 Å². The van der Waals surface area contributed by atoms with E-state index in [0.717, 1.165) is 28.6 Å². The van der Waals surface area contributed by atoms with E-state index in [9.17, 15) is 4.79 Å². The van der Waals surface area contributed by atoms with E-state index >= 15 is 0 Å². The Morgan fingerprint density at radius 2 is 2.30 bits per heavy atom. The number of aromatic amines is 1. The Bertz CT molecular complexity index is 844. The fraction of sp³-hybridized carbons (Fsp3) is 0.250. The van der Waals surface area contributed by atoms with Crippen molar-refractivity contribution in [3.8, 4) is 0 Å². The molecule has 1 aliphatic heterocycles. The number of rotatable bonds is 2. The van der Waals surface area contributed by atoms with E-state index in [1.807, 2.05) is 23.2 Å². The Labute approximate surface area is 132 Å². The molecule has 3 aromatic rings. The second kappa shape index (κ2) is 5.68. The van der Waals surface area contributed by atoms with Gasteiger partial charge in [-0.3, -0.25) is 10.1 Å². The number of nitrogens with one attached hydrogen (secondary N) is 2. The van der Waals surface area contributed by atoms with Gasteiger partial charge in [0.15, 0.2) is 5.65 Å². The minimum Gasteiger partial charge on any atom is -0.334 e. The lowest BCUT2D eigenvalue weighted by Crippen LogP contribution is -2.42. The van der Waals surface area contributed by atoms with Crippen molar-refractivity contribution in [2.75, 3.05) is 6.54 Å². The Kier molecular flexibility index (Phi) is 3.38. The van der Waals surface area contributed by atoms with Gasteiger partial charge in [-0.25, -0.2) is 9.78 Å². The van der Waals surface area contributed by atoms with Crippen LogP contribution in [0.1, 0.15) is 16.7 Å². The van der Waals surface area contributed by atoms with Crippen LogP contribution < -0.4 is 5.32 Å². The van der Waals surface area contributed by atoms with Gasteiger partial charge < -0.3 is 10.2 Å². The molecular weight excluding hydrogens is 292 g/mol. The lowest BCUT2D eigenvalue weighted by atomic mass is 9.99. The van der Waals surface area contributed by atoms with Gasteiger partial charge in [0.25, 0.3) is 0 Å². The Hall–Kier alpha value is -2.96. The van der Waals surface area contributed by atoms with Crippen molar-refractivity contribution in [1.29, 1.82) is 0 Å². The molecule has 4 rings (SSSR count). The summed E-state index contributed by atoms with van der Waals surface area (Å²) in [6, 6.07) is 3.74. The molecule has 2 amide bonds.